The lowest BCUT2D eigenvalue weighted by molar-refractivity contribution is -0.118. The van der Waals surface area contributed by atoms with Gasteiger partial charge in [0.05, 0.1) is 24.2 Å². The van der Waals surface area contributed by atoms with Crippen molar-refractivity contribution in [3.05, 3.63) is 92.4 Å². The Balaban J connectivity index is 1.66. The van der Waals surface area contributed by atoms with Gasteiger partial charge in [-0.1, -0.05) is 53.5 Å². The van der Waals surface area contributed by atoms with Gasteiger partial charge in [-0.2, -0.15) is 9.78 Å². The number of aryl methyl sites for hydroxylation is 1. The summed E-state index contributed by atoms with van der Waals surface area (Å²) >= 11 is 3.43. The second-order valence-corrected chi connectivity index (χ2v) is 9.80. The molecule has 1 aromatic heterocycles. The number of nitrogens with zero attached hydrogens (tertiary/aromatic N) is 3. The Hall–Kier alpha value is -3.98. The van der Waals surface area contributed by atoms with E-state index in [0.29, 0.717) is 39.5 Å². The van der Waals surface area contributed by atoms with Gasteiger partial charge in [0.15, 0.2) is 18.1 Å². The maximum absolute atomic E-state index is 13.4. The summed E-state index contributed by atoms with van der Waals surface area (Å²) in [5, 5.41) is 7.80. The number of fused-ring (bicyclic) bond motifs is 1. The molecule has 1 atom stereocenters. The van der Waals surface area contributed by atoms with E-state index in [9.17, 15) is 9.59 Å². The third-order valence-corrected chi connectivity index (χ3v) is 6.60. The topological polar surface area (TPSA) is 94.8 Å². The van der Waals surface area contributed by atoms with Crippen molar-refractivity contribution in [1.82, 2.24) is 9.66 Å². The van der Waals surface area contributed by atoms with Gasteiger partial charge < -0.3 is 14.8 Å². The third-order valence-electron chi connectivity index (χ3n) is 6.11. The van der Waals surface area contributed by atoms with Crippen molar-refractivity contribution >= 4 is 44.6 Å². The van der Waals surface area contributed by atoms with Crippen LogP contribution in [-0.2, 0) is 4.79 Å². The first kappa shape index (κ1) is 27.1. The first-order valence-electron chi connectivity index (χ1n) is 12.2. The van der Waals surface area contributed by atoms with Crippen LogP contribution in [0.2, 0.25) is 0 Å². The number of carbonyl (C=O) groups excluding carboxylic acids is 1. The van der Waals surface area contributed by atoms with Gasteiger partial charge in [0.1, 0.15) is 5.82 Å². The van der Waals surface area contributed by atoms with E-state index in [-0.39, 0.29) is 24.0 Å². The van der Waals surface area contributed by atoms with E-state index >= 15 is 0 Å². The molecule has 196 valence electrons. The lowest BCUT2D eigenvalue weighted by atomic mass is 10.1. The number of halogens is 1. The van der Waals surface area contributed by atoms with Gasteiger partial charge in [0.25, 0.3) is 11.5 Å². The predicted molar refractivity (Wildman–Crippen MR) is 154 cm³/mol. The van der Waals surface area contributed by atoms with Gasteiger partial charge in [-0.15, -0.1) is 0 Å². The van der Waals surface area contributed by atoms with Crippen LogP contribution in [0.4, 0.5) is 5.69 Å². The van der Waals surface area contributed by atoms with E-state index in [4.69, 9.17) is 14.5 Å². The Morgan fingerprint density at radius 1 is 1.18 bits per heavy atom. The first-order valence-corrected chi connectivity index (χ1v) is 13.0. The molecule has 9 heteroatoms. The van der Waals surface area contributed by atoms with Crippen LogP contribution in [0.3, 0.4) is 0 Å². The van der Waals surface area contributed by atoms with Crippen molar-refractivity contribution in [1.29, 1.82) is 0 Å². The van der Waals surface area contributed by atoms with Crippen molar-refractivity contribution in [2.45, 2.75) is 33.1 Å². The molecule has 0 spiro atoms. The summed E-state index contributed by atoms with van der Waals surface area (Å²) in [6, 6.07) is 18.2. The van der Waals surface area contributed by atoms with E-state index in [1.54, 1.807) is 24.3 Å². The standard InChI is InChI=1S/C29H29BrN4O4/c1-5-19(3)28-33-24-14-11-21(30)15-23(24)29(36)34(28)31-16-20-7-6-8-25(37-4)27(20)38-17-26(35)32-22-12-9-18(2)10-13-22/h6-16,19H,5,17H2,1-4H3,(H,32,35)/t19-/m0/s1. The third kappa shape index (κ3) is 6.11. The molecule has 1 heterocycles. The number of anilines is 1. The van der Waals surface area contributed by atoms with E-state index < -0.39 is 0 Å². The quantitative estimate of drug-likeness (QED) is 0.251. The minimum atomic E-state index is -0.317. The molecule has 4 aromatic rings. The van der Waals surface area contributed by atoms with Crippen molar-refractivity contribution < 1.29 is 14.3 Å². The van der Waals surface area contributed by atoms with Crippen LogP contribution < -0.4 is 20.3 Å². The van der Waals surface area contributed by atoms with Crippen LogP contribution in [0, 0.1) is 6.92 Å². The number of ether oxygens (including phenoxy) is 2. The number of carbonyl (C=O) groups is 1. The summed E-state index contributed by atoms with van der Waals surface area (Å²) in [6.07, 6.45) is 2.31. The molecule has 0 saturated carbocycles. The van der Waals surface area contributed by atoms with E-state index in [1.807, 2.05) is 57.2 Å². The molecule has 38 heavy (non-hydrogen) atoms. The maximum Gasteiger partial charge on any atom is 0.282 e. The first-order chi connectivity index (χ1) is 18.3. The van der Waals surface area contributed by atoms with Crippen LogP contribution in [0.5, 0.6) is 11.5 Å². The number of para-hydroxylation sites is 1. The fourth-order valence-corrected chi connectivity index (χ4v) is 4.18. The van der Waals surface area contributed by atoms with Crippen LogP contribution in [0.1, 0.15) is 43.1 Å². The average molecular weight is 577 g/mol. The molecule has 0 unspecified atom stereocenters. The number of nitrogens with one attached hydrogen (secondary N) is 1. The zero-order chi connectivity index (χ0) is 27.2. The Morgan fingerprint density at radius 2 is 1.95 bits per heavy atom. The number of methoxy groups -OCH3 is 1. The Morgan fingerprint density at radius 3 is 2.66 bits per heavy atom. The Labute approximate surface area is 229 Å². The molecule has 0 aliphatic rings. The van der Waals surface area contributed by atoms with E-state index in [1.165, 1.54) is 18.0 Å². The van der Waals surface area contributed by atoms with E-state index in [0.717, 1.165) is 16.5 Å². The maximum atomic E-state index is 13.4. The summed E-state index contributed by atoms with van der Waals surface area (Å²) in [4.78, 5) is 30.7. The molecule has 8 nitrogen and oxygen atoms in total. The van der Waals surface area contributed by atoms with Crippen molar-refractivity contribution in [2.24, 2.45) is 5.10 Å². The van der Waals surface area contributed by atoms with Crippen LogP contribution >= 0.6 is 15.9 Å². The number of hydrogen-bond donors (Lipinski definition) is 1. The SMILES string of the molecule is CC[C@H](C)c1nc2ccc(Br)cc2c(=O)n1N=Cc1cccc(OC)c1OCC(=O)Nc1ccc(C)cc1. The largest absolute Gasteiger partial charge is 0.493 e. The molecule has 3 aromatic carbocycles. The fourth-order valence-electron chi connectivity index (χ4n) is 3.82. The Kier molecular flexibility index (Phi) is 8.58. The van der Waals surface area contributed by atoms with E-state index in [2.05, 4.69) is 26.3 Å². The lowest BCUT2D eigenvalue weighted by Crippen LogP contribution is -2.24. The number of benzene rings is 3. The highest BCUT2D eigenvalue weighted by Gasteiger charge is 2.17. The summed E-state index contributed by atoms with van der Waals surface area (Å²) in [6.45, 7) is 5.78. The molecule has 0 aliphatic carbocycles. The summed E-state index contributed by atoms with van der Waals surface area (Å²) in [5.41, 5.74) is 2.67. The second kappa shape index (κ2) is 12.0. The molecule has 0 aliphatic heterocycles. The zero-order valence-corrected chi connectivity index (χ0v) is 23.3. The molecule has 4 rings (SSSR count). The lowest BCUT2D eigenvalue weighted by Gasteiger charge is -2.15. The highest BCUT2D eigenvalue weighted by atomic mass is 79.9. The molecule has 1 N–H and O–H groups in total. The normalized spacial score (nSPS) is 12.0. The monoisotopic (exact) mass is 576 g/mol. The molecule has 0 bridgehead atoms. The van der Waals surface area contributed by atoms with Crippen LogP contribution in [0.15, 0.2) is 75.0 Å². The molecule has 0 saturated heterocycles. The van der Waals surface area contributed by atoms with Gasteiger partial charge in [-0.3, -0.25) is 9.59 Å². The van der Waals surface area contributed by atoms with Crippen LogP contribution in [-0.4, -0.2) is 35.5 Å². The number of amides is 1. The summed E-state index contributed by atoms with van der Waals surface area (Å²) in [7, 11) is 1.52. The Bertz CT molecular complexity index is 1550. The van der Waals surface area contributed by atoms with Gasteiger partial charge >= 0.3 is 0 Å². The number of aromatic nitrogens is 2. The predicted octanol–water partition coefficient (Wildman–Crippen LogP) is 5.89. The second-order valence-electron chi connectivity index (χ2n) is 8.88. The average Bonchev–Trinajstić information content (AvgIpc) is 2.92. The molecule has 0 radical (unpaired) electrons. The highest BCUT2D eigenvalue weighted by molar-refractivity contribution is 9.10. The minimum absolute atomic E-state index is 0.000559. The number of hydrogen-bond acceptors (Lipinski definition) is 6. The zero-order valence-electron chi connectivity index (χ0n) is 21.7. The molecular formula is C29H29BrN4O4. The highest BCUT2D eigenvalue weighted by Crippen LogP contribution is 2.30. The van der Waals surface area contributed by atoms with Gasteiger partial charge in [0, 0.05) is 21.6 Å². The fraction of sp³-hybridized carbons (Fsp3) is 0.241. The van der Waals surface area contributed by atoms with Crippen molar-refractivity contribution in [3.8, 4) is 11.5 Å². The smallest absolute Gasteiger partial charge is 0.282 e. The van der Waals surface area contributed by atoms with Gasteiger partial charge in [-0.05, 0) is 55.8 Å². The van der Waals surface area contributed by atoms with Crippen LogP contribution in [0.25, 0.3) is 10.9 Å². The minimum Gasteiger partial charge on any atom is -0.493 e. The van der Waals surface area contributed by atoms with Crippen molar-refractivity contribution in [2.75, 3.05) is 19.0 Å². The molecule has 1 amide bonds. The van der Waals surface area contributed by atoms with Gasteiger partial charge in [0.2, 0.25) is 0 Å². The summed E-state index contributed by atoms with van der Waals surface area (Å²) in [5.74, 6) is 1.02. The summed E-state index contributed by atoms with van der Waals surface area (Å²) < 4.78 is 13.5. The van der Waals surface area contributed by atoms with Crippen molar-refractivity contribution in [3.63, 3.8) is 0 Å². The molecule has 0 fully saturated rings. The number of rotatable bonds is 9. The van der Waals surface area contributed by atoms with Gasteiger partial charge in [-0.25, -0.2) is 4.98 Å². The molecular weight excluding hydrogens is 548 g/mol.